The van der Waals surface area contributed by atoms with Crippen molar-refractivity contribution in [2.45, 2.75) is 33.9 Å². The zero-order chi connectivity index (χ0) is 23.8. The molecule has 5 aromatic rings. The highest BCUT2D eigenvalue weighted by Crippen LogP contribution is 2.31. The summed E-state index contributed by atoms with van der Waals surface area (Å²) in [5.41, 5.74) is 5.15. The molecule has 0 atom stereocenters. The minimum atomic E-state index is -0.125. The van der Waals surface area contributed by atoms with Crippen molar-refractivity contribution in [1.82, 2.24) is 24.6 Å². The van der Waals surface area contributed by atoms with E-state index in [-0.39, 0.29) is 5.91 Å². The molecule has 8 nitrogen and oxygen atoms in total. The van der Waals surface area contributed by atoms with Gasteiger partial charge in [-0.3, -0.25) is 4.79 Å². The van der Waals surface area contributed by atoms with Crippen LogP contribution in [0, 0.1) is 20.8 Å². The molecule has 1 aromatic carbocycles. The van der Waals surface area contributed by atoms with Crippen LogP contribution in [-0.2, 0) is 13.1 Å². The molecular formula is C26H25N5O3. The summed E-state index contributed by atoms with van der Waals surface area (Å²) in [5, 5.41) is 4.68. The number of rotatable bonds is 6. The molecule has 0 N–H and O–H groups in total. The lowest BCUT2D eigenvalue weighted by atomic mass is 10.0. The molecule has 0 spiro atoms. The molecule has 34 heavy (non-hydrogen) atoms. The number of aryl methyl sites for hydroxylation is 3. The Balaban J connectivity index is 1.42. The van der Waals surface area contributed by atoms with E-state index in [1.54, 1.807) is 30.5 Å². The molecule has 5 rings (SSSR count). The van der Waals surface area contributed by atoms with Crippen LogP contribution < -0.4 is 0 Å². The maximum absolute atomic E-state index is 13.6. The summed E-state index contributed by atoms with van der Waals surface area (Å²) in [6.07, 6.45) is 5.50. The molecule has 8 heteroatoms. The van der Waals surface area contributed by atoms with Crippen molar-refractivity contribution in [3.8, 4) is 11.3 Å². The quantitative estimate of drug-likeness (QED) is 0.361. The Hall–Kier alpha value is -4.20. The third-order valence-corrected chi connectivity index (χ3v) is 5.88. The fourth-order valence-electron chi connectivity index (χ4n) is 4.18. The number of fused-ring (bicyclic) bond motifs is 1. The summed E-state index contributed by atoms with van der Waals surface area (Å²) in [4.78, 5) is 23.9. The van der Waals surface area contributed by atoms with E-state index in [2.05, 4.69) is 27.3 Å². The SMILES string of the molecule is Cc1cc(-c2cc(C(=O)N(C)Cc3ccc(Cn4ccnc4)cc3)c3c(C)noc3n2)c(C)o1. The molecule has 0 unspecified atom stereocenters. The topological polar surface area (TPSA) is 90.2 Å². The standard InChI is InChI=1S/C26H25N5O3/c1-16-11-21(18(3)33-16)23-12-22(24-17(2)29-34-25(24)28-23)26(32)30(4)13-19-5-7-20(8-6-19)14-31-10-9-27-15-31/h5-12,15H,13-14H2,1-4H3. The Kier molecular flexibility index (Phi) is 5.49. The molecule has 0 saturated heterocycles. The van der Waals surface area contributed by atoms with Gasteiger partial charge >= 0.3 is 0 Å². The van der Waals surface area contributed by atoms with Gasteiger partial charge in [0.15, 0.2) is 0 Å². The molecule has 4 aromatic heterocycles. The van der Waals surface area contributed by atoms with Crippen LogP contribution in [-0.4, -0.2) is 37.5 Å². The summed E-state index contributed by atoms with van der Waals surface area (Å²) in [6.45, 7) is 6.80. The van der Waals surface area contributed by atoms with E-state index in [4.69, 9.17) is 8.94 Å². The highest BCUT2D eigenvalue weighted by Gasteiger charge is 2.23. The predicted octanol–water partition coefficient (Wildman–Crippen LogP) is 4.93. The van der Waals surface area contributed by atoms with Gasteiger partial charge in [-0.05, 0) is 44.0 Å². The van der Waals surface area contributed by atoms with Gasteiger partial charge in [-0.1, -0.05) is 29.4 Å². The lowest BCUT2D eigenvalue weighted by molar-refractivity contribution is 0.0787. The number of furan rings is 1. The summed E-state index contributed by atoms with van der Waals surface area (Å²) in [7, 11) is 1.80. The van der Waals surface area contributed by atoms with Gasteiger partial charge in [0.1, 0.15) is 11.5 Å². The number of carbonyl (C=O) groups is 1. The number of nitrogens with zero attached hydrogens (tertiary/aromatic N) is 5. The van der Waals surface area contributed by atoms with Crippen molar-refractivity contribution in [2.75, 3.05) is 7.05 Å². The van der Waals surface area contributed by atoms with Crippen molar-refractivity contribution in [2.24, 2.45) is 0 Å². The molecule has 0 aliphatic rings. The van der Waals surface area contributed by atoms with E-state index in [0.29, 0.717) is 34.6 Å². The Morgan fingerprint density at radius 2 is 1.85 bits per heavy atom. The van der Waals surface area contributed by atoms with E-state index in [1.165, 1.54) is 5.56 Å². The van der Waals surface area contributed by atoms with Gasteiger partial charge in [-0.25, -0.2) is 9.97 Å². The molecule has 0 aliphatic heterocycles. The minimum Gasteiger partial charge on any atom is -0.466 e. The van der Waals surface area contributed by atoms with Crippen LogP contribution in [0.5, 0.6) is 0 Å². The highest BCUT2D eigenvalue weighted by molar-refractivity contribution is 6.06. The fraction of sp³-hybridized carbons (Fsp3) is 0.231. The monoisotopic (exact) mass is 455 g/mol. The predicted molar refractivity (Wildman–Crippen MR) is 127 cm³/mol. The third-order valence-electron chi connectivity index (χ3n) is 5.88. The van der Waals surface area contributed by atoms with Gasteiger partial charge in [0.25, 0.3) is 11.6 Å². The third kappa shape index (κ3) is 4.10. The Morgan fingerprint density at radius 1 is 1.09 bits per heavy atom. The number of hydrogen-bond donors (Lipinski definition) is 0. The van der Waals surface area contributed by atoms with Crippen molar-refractivity contribution in [3.05, 3.63) is 89.0 Å². The van der Waals surface area contributed by atoms with Crippen LogP contribution in [0.1, 0.15) is 38.7 Å². The molecule has 0 aliphatic carbocycles. The second-order valence-corrected chi connectivity index (χ2v) is 8.54. The smallest absolute Gasteiger partial charge is 0.259 e. The maximum Gasteiger partial charge on any atom is 0.259 e. The molecule has 0 saturated carbocycles. The lowest BCUT2D eigenvalue weighted by Gasteiger charge is -2.18. The van der Waals surface area contributed by atoms with Gasteiger partial charge in [0.05, 0.1) is 28.7 Å². The van der Waals surface area contributed by atoms with Crippen LogP contribution >= 0.6 is 0 Å². The molecule has 172 valence electrons. The largest absolute Gasteiger partial charge is 0.466 e. The van der Waals surface area contributed by atoms with Gasteiger partial charge in [0, 0.05) is 38.1 Å². The average Bonchev–Trinajstić information content (AvgIpc) is 3.55. The van der Waals surface area contributed by atoms with Gasteiger partial charge < -0.3 is 18.4 Å². The molecule has 4 heterocycles. The number of hydrogen-bond acceptors (Lipinski definition) is 6. The maximum atomic E-state index is 13.6. The first-order chi connectivity index (χ1) is 16.4. The van der Waals surface area contributed by atoms with E-state index in [9.17, 15) is 4.79 Å². The van der Waals surface area contributed by atoms with E-state index < -0.39 is 0 Å². The van der Waals surface area contributed by atoms with Crippen LogP contribution in [0.2, 0.25) is 0 Å². The second kappa shape index (κ2) is 8.62. The zero-order valence-electron chi connectivity index (χ0n) is 19.6. The molecule has 0 fully saturated rings. The molecular weight excluding hydrogens is 430 g/mol. The number of imidazole rings is 1. The van der Waals surface area contributed by atoms with Gasteiger partial charge in [0.2, 0.25) is 0 Å². The van der Waals surface area contributed by atoms with Crippen LogP contribution in [0.15, 0.2) is 64.1 Å². The van der Waals surface area contributed by atoms with Crippen LogP contribution in [0.4, 0.5) is 0 Å². The summed E-state index contributed by atoms with van der Waals surface area (Å²) in [6, 6.07) is 12.0. The van der Waals surface area contributed by atoms with E-state index in [1.807, 2.05) is 49.7 Å². The van der Waals surface area contributed by atoms with Crippen LogP contribution in [0.25, 0.3) is 22.4 Å². The zero-order valence-corrected chi connectivity index (χ0v) is 19.6. The summed E-state index contributed by atoms with van der Waals surface area (Å²) < 4.78 is 13.1. The van der Waals surface area contributed by atoms with Crippen molar-refractivity contribution in [3.63, 3.8) is 0 Å². The first-order valence-electron chi connectivity index (χ1n) is 11.0. The first kappa shape index (κ1) is 21.6. The minimum absolute atomic E-state index is 0.125. The normalized spacial score (nSPS) is 11.3. The number of benzene rings is 1. The van der Waals surface area contributed by atoms with E-state index >= 15 is 0 Å². The van der Waals surface area contributed by atoms with Crippen LogP contribution in [0.3, 0.4) is 0 Å². The van der Waals surface area contributed by atoms with Crippen molar-refractivity contribution >= 4 is 17.0 Å². The van der Waals surface area contributed by atoms with Crippen molar-refractivity contribution in [1.29, 1.82) is 0 Å². The number of amides is 1. The van der Waals surface area contributed by atoms with Gasteiger partial charge in [-0.2, -0.15) is 0 Å². The molecule has 1 amide bonds. The fourth-order valence-corrected chi connectivity index (χ4v) is 4.18. The molecule has 0 bridgehead atoms. The second-order valence-electron chi connectivity index (χ2n) is 8.54. The lowest BCUT2D eigenvalue weighted by Crippen LogP contribution is -2.26. The van der Waals surface area contributed by atoms with Gasteiger partial charge in [-0.15, -0.1) is 0 Å². The Morgan fingerprint density at radius 3 is 2.53 bits per heavy atom. The van der Waals surface area contributed by atoms with Crippen molar-refractivity contribution < 1.29 is 13.7 Å². The number of aromatic nitrogens is 4. The van der Waals surface area contributed by atoms with E-state index in [0.717, 1.165) is 29.2 Å². The molecule has 0 radical (unpaired) electrons. The number of carbonyl (C=O) groups excluding carboxylic acids is 1. The summed E-state index contributed by atoms with van der Waals surface area (Å²) >= 11 is 0. The average molecular weight is 456 g/mol. The highest BCUT2D eigenvalue weighted by atomic mass is 16.5. The first-order valence-corrected chi connectivity index (χ1v) is 11.0. The summed E-state index contributed by atoms with van der Waals surface area (Å²) in [5.74, 6) is 1.40. The number of pyridine rings is 1. The Labute approximate surface area is 196 Å². The Bertz CT molecular complexity index is 1460.